The molecule has 0 N–H and O–H groups in total. The van der Waals surface area contributed by atoms with Crippen LogP contribution in [0.5, 0.6) is 0 Å². The van der Waals surface area contributed by atoms with Crippen LogP contribution < -0.4 is 0 Å². The average Bonchev–Trinajstić information content (AvgIpc) is 2.89. The number of allylic oxidation sites excluding steroid dienone is 2. The third-order valence-electron chi connectivity index (χ3n) is 8.79. The quantitative estimate of drug-likeness (QED) is 0.328. The van der Waals surface area contributed by atoms with E-state index in [0.29, 0.717) is 28.4 Å². The summed E-state index contributed by atoms with van der Waals surface area (Å²) in [4.78, 5) is 0. The Balaban J connectivity index is 2.13. The molecular weight excluding hydrogens is 344 g/mol. The molecule has 158 valence electrons. The van der Waals surface area contributed by atoms with Gasteiger partial charge in [-0.15, -0.1) is 0 Å². The highest BCUT2D eigenvalue weighted by atomic mass is 28.4. The Morgan fingerprint density at radius 3 is 2.19 bits per heavy atom. The predicted molar refractivity (Wildman–Crippen MR) is 123 cm³/mol. The SMILES string of the molecule is CC(C)[C@@H](C)/C=C/[C@@H](C)[C@@H]1CC[C@@H]2[C@@H](O[Si](C)(C)C(C)(C)C)CCC[C@]21C. The van der Waals surface area contributed by atoms with E-state index in [1.807, 2.05) is 0 Å². The maximum Gasteiger partial charge on any atom is 0.192 e. The molecule has 0 heterocycles. The van der Waals surface area contributed by atoms with Gasteiger partial charge in [0.1, 0.15) is 0 Å². The molecule has 2 rings (SSSR count). The molecule has 0 aromatic heterocycles. The summed E-state index contributed by atoms with van der Waals surface area (Å²) in [5, 5.41) is 0.307. The summed E-state index contributed by atoms with van der Waals surface area (Å²) >= 11 is 0. The topological polar surface area (TPSA) is 9.23 Å². The molecule has 2 heteroatoms. The monoisotopic (exact) mass is 392 g/mol. The molecule has 1 nitrogen and oxygen atoms in total. The molecular formula is C25H48OSi. The fraction of sp³-hybridized carbons (Fsp3) is 0.920. The van der Waals surface area contributed by atoms with Gasteiger partial charge >= 0.3 is 0 Å². The molecule has 0 saturated heterocycles. The molecule has 0 aromatic rings. The van der Waals surface area contributed by atoms with Gasteiger partial charge in [0, 0.05) is 6.10 Å². The summed E-state index contributed by atoms with van der Waals surface area (Å²) in [7, 11) is -1.69. The van der Waals surface area contributed by atoms with E-state index < -0.39 is 8.32 Å². The van der Waals surface area contributed by atoms with E-state index in [2.05, 4.69) is 80.6 Å². The van der Waals surface area contributed by atoms with E-state index in [9.17, 15) is 0 Å². The van der Waals surface area contributed by atoms with Crippen molar-refractivity contribution >= 4 is 8.32 Å². The van der Waals surface area contributed by atoms with Crippen LogP contribution in [0.25, 0.3) is 0 Å². The van der Waals surface area contributed by atoms with Crippen LogP contribution in [0.4, 0.5) is 0 Å². The molecule has 0 aromatic carbocycles. The van der Waals surface area contributed by atoms with Crippen LogP contribution >= 0.6 is 0 Å². The number of hydrogen-bond donors (Lipinski definition) is 0. The van der Waals surface area contributed by atoms with Crippen LogP contribution in [0, 0.1) is 35.0 Å². The van der Waals surface area contributed by atoms with Crippen LogP contribution in [0.2, 0.25) is 18.1 Å². The molecule has 0 amide bonds. The Morgan fingerprint density at radius 1 is 1.00 bits per heavy atom. The molecule has 0 unspecified atom stereocenters. The van der Waals surface area contributed by atoms with Gasteiger partial charge in [-0.3, -0.25) is 0 Å². The van der Waals surface area contributed by atoms with Gasteiger partial charge in [0.05, 0.1) is 0 Å². The molecule has 0 spiro atoms. The van der Waals surface area contributed by atoms with Gasteiger partial charge in [-0.2, -0.15) is 0 Å². The van der Waals surface area contributed by atoms with Crippen molar-refractivity contribution in [3.63, 3.8) is 0 Å². The first kappa shape index (κ1) is 23.2. The van der Waals surface area contributed by atoms with Crippen molar-refractivity contribution < 1.29 is 4.43 Å². The maximum atomic E-state index is 7.00. The van der Waals surface area contributed by atoms with Gasteiger partial charge in [0.25, 0.3) is 0 Å². The lowest BCUT2D eigenvalue weighted by molar-refractivity contribution is -0.0163. The minimum Gasteiger partial charge on any atom is -0.414 e. The summed E-state index contributed by atoms with van der Waals surface area (Å²) in [5.41, 5.74) is 0.468. The number of rotatable bonds is 6. The fourth-order valence-electron chi connectivity index (χ4n) is 5.43. The van der Waals surface area contributed by atoms with E-state index >= 15 is 0 Å². The first-order valence-corrected chi connectivity index (χ1v) is 14.6. The lowest BCUT2D eigenvalue weighted by Crippen LogP contribution is -2.50. The Morgan fingerprint density at radius 2 is 1.63 bits per heavy atom. The molecule has 0 aliphatic heterocycles. The Labute approximate surface area is 171 Å². The summed E-state index contributed by atoms with van der Waals surface area (Å²) in [5.74, 6) is 3.69. The zero-order valence-electron chi connectivity index (χ0n) is 20.1. The number of hydrogen-bond acceptors (Lipinski definition) is 1. The van der Waals surface area contributed by atoms with Crippen LogP contribution in [0.3, 0.4) is 0 Å². The van der Waals surface area contributed by atoms with Crippen molar-refractivity contribution in [3.05, 3.63) is 12.2 Å². The van der Waals surface area contributed by atoms with Gasteiger partial charge in [-0.05, 0) is 78.8 Å². The first-order chi connectivity index (χ1) is 12.3. The van der Waals surface area contributed by atoms with E-state index in [1.165, 1.54) is 32.1 Å². The Bertz CT molecular complexity index is 515. The summed E-state index contributed by atoms with van der Waals surface area (Å²) < 4.78 is 7.00. The van der Waals surface area contributed by atoms with Crippen molar-refractivity contribution in [2.45, 2.75) is 112 Å². The zero-order valence-corrected chi connectivity index (χ0v) is 21.1. The van der Waals surface area contributed by atoms with Gasteiger partial charge in [-0.1, -0.05) is 74.0 Å². The lowest BCUT2D eigenvalue weighted by atomic mass is 9.62. The van der Waals surface area contributed by atoms with Gasteiger partial charge in [-0.25, -0.2) is 0 Å². The normalized spacial score (nSPS) is 34.9. The zero-order chi connectivity index (χ0) is 20.6. The molecule has 0 radical (unpaired) electrons. The molecule has 2 fully saturated rings. The largest absolute Gasteiger partial charge is 0.414 e. The van der Waals surface area contributed by atoms with E-state index in [4.69, 9.17) is 4.43 Å². The van der Waals surface area contributed by atoms with Gasteiger partial charge in [0.15, 0.2) is 8.32 Å². The first-order valence-electron chi connectivity index (χ1n) is 11.7. The smallest absolute Gasteiger partial charge is 0.192 e. The maximum absolute atomic E-state index is 7.00. The Hall–Kier alpha value is -0.0831. The lowest BCUT2D eigenvalue weighted by Gasteiger charge is -2.49. The van der Waals surface area contributed by atoms with Crippen molar-refractivity contribution in [3.8, 4) is 0 Å². The highest BCUT2D eigenvalue weighted by molar-refractivity contribution is 6.74. The van der Waals surface area contributed by atoms with Crippen molar-refractivity contribution in [2.75, 3.05) is 0 Å². The average molecular weight is 393 g/mol. The van der Waals surface area contributed by atoms with Crippen molar-refractivity contribution in [2.24, 2.45) is 35.0 Å². The van der Waals surface area contributed by atoms with Crippen LogP contribution in [-0.4, -0.2) is 14.4 Å². The molecule has 2 aliphatic carbocycles. The highest BCUT2D eigenvalue weighted by Crippen LogP contribution is 2.59. The van der Waals surface area contributed by atoms with E-state index in [-0.39, 0.29) is 0 Å². The summed E-state index contributed by atoms with van der Waals surface area (Å²) in [6.45, 7) is 24.1. The molecule has 27 heavy (non-hydrogen) atoms. The fourth-order valence-corrected chi connectivity index (χ4v) is 6.82. The van der Waals surface area contributed by atoms with E-state index in [0.717, 1.165) is 17.8 Å². The van der Waals surface area contributed by atoms with Crippen LogP contribution in [-0.2, 0) is 4.43 Å². The van der Waals surface area contributed by atoms with Gasteiger partial charge in [0.2, 0.25) is 0 Å². The third-order valence-corrected chi connectivity index (χ3v) is 13.3. The molecule has 2 aliphatic rings. The van der Waals surface area contributed by atoms with Crippen LogP contribution in [0.15, 0.2) is 12.2 Å². The predicted octanol–water partition coefficient (Wildman–Crippen LogP) is 8.08. The van der Waals surface area contributed by atoms with Gasteiger partial charge < -0.3 is 4.43 Å². The summed E-state index contributed by atoms with van der Waals surface area (Å²) in [6.07, 6.45) is 12.3. The molecule has 2 saturated carbocycles. The van der Waals surface area contributed by atoms with E-state index in [1.54, 1.807) is 0 Å². The standard InChI is InChI=1S/C25H48OSi/c1-18(2)19(3)13-14-20(4)21-15-16-22-23(12-11-17-25(21,22)8)26-27(9,10)24(5,6)7/h13-14,18-23H,11-12,15-17H2,1-10H3/b14-13+/t19-,20+,21-,22+,23-,25-/m0/s1. The second kappa shape index (κ2) is 8.34. The molecule has 0 bridgehead atoms. The minimum atomic E-state index is -1.69. The number of fused-ring (bicyclic) bond motifs is 1. The molecule has 6 atom stereocenters. The Kier molecular flexibility index (Phi) is 7.17. The van der Waals surface area contributed by atoms with Crippen molar-refractivity contribution in [1.82, 2.24) is 0 Å². The third kappa shape index (κ3) is 4.92. The highest BCUT2D eigenvalue weighted by Gasteiger charge is 2.54. The second-order valence-electron chi connectivity index (χ2n) is 12.0. The minimum absolute atomic E-state index is 0.307. The summed E-state index contributed by atoms with van der Waals surface area (Å²) in [6, 6.07) is 0. The van der Waals surface area contributed by atoms with Crippen LogP contribution in [0.1, 0.15) is 87.5 Å². The second-order valence-corrected chi connectivity index (χ2v) is 16.7. The van der Waals surface area contributed by atoms with Crippen molar-refractivity contribution in [1.29, 1.82) is 0 Å².